The van der Waals surface area contributed by atoms with Gasteiger partial charge in [-0.1, -0.05) is 68.3 Å². The first-order valence-electron chi connectivity index (χ1n) is 6.60. The van der Waals surface area contributed by atoms with Crippen molar-refractivity contribution in [3.8, 4) is 11.3 Å². The van der Waals surface area contributed by atoms with Crippen molar-refractivity contribution in [3.63, 3.8) is 0 Å². The van der Waals surface area contributed by atoms with Crippen molar-refractivity contribution >= 4 is 43.2 Å². The first-order valence-corrected chi connectivity index (χ1v) is 9.00. The van der Waals surface area contributed by atoms with Gasteiger partial charge in [-0.2, -0.15) is 0 Å². The van der Waals surface area contributed by atoms with Crippen LogP contribution >= 0.6 is 43.2 Å². The van der Waals surface area contributed by atoms with E-state index in [-0.39, 0.29) is 0 Å². The molecular weight excluding hydrogens is 410 g/mol. The maximum Gasteiger partial charge on any atom is 0.0979 e. The lowest BCUT2D eigenvalue weighted by atomic mass is 10.1. The Bertz CT molecular complexity index is 780. The molecular formula is C17H13Br2NS. The highest BCUT2D eigenvalue weighted by molar-refractivity contribution is 9.10. The average Bonchev–Trinajstić information content (AvgIpc) is 2.83. The minimum atomic E-state index is 0.859. The molecule has 1 nitrogen and oxygen atoms in total. The molecule has 0 atom stereocenters. The van der Waals surface area contributed by atoms with Gasteiger partial charge in [0.25, 0.3) is 0 Å². The predicted octanol–water partition coefficient (Wildman–Crippen LogP) is 6.23. The van der Waals surface area contributed by atoms with Crippen molar-refractivity contribution in [1.29, 1.82) is 0 Å². The van der Waals surface area contributed by atoms with E-state index in [2.05, 4.69) is 69.1 Å². The Morgan fingerprint density at radius 3 is 2.33 bits per heavy atom. The molecule has 0 aliphatic rings. The largest absolute Gasteiger partial charge is 0.241 e. The Labute approximate surface area is 145 Å². The summed E-state index contributed by atoms with van der Waals surface area (Å²) in [7, 11) is 0. The second-order valence-electron chi connectivity index (χ2n) is 4.76. The van der Waals surface area contributed by atoms with Crippen LogP contribution in [0.3, 0.4) is 0 Å². The van der Waals surface area contributed by atoms with Crippen LogP contribution in [0.25, 0.3) is 11.3 Å². The highest BCUT2D eigenvalue weighted by Crippen LogP contribution is 2.33. The standard InChI is InChI=1S/C17H13Br2NS/c1-11-17(13-7-3-5-9-15(13)19)20-16(21-11)10-12-6-2-4-8-14(12)18/h2-9H,10H2,1H3. The van der Waals surface area contributed by atoms with Crippen LogP contribution in [-0.2, 0) is 6.42 Å². The van der Waals surface area contributed by atoms with E-state index in [0.29, 0.717) is 0 Å². The van der Waals surface area contributed by atoms with Gasteiger partial charge in [0, 0.05) is 25.8 Å². The second-order valence-corrected chi connectivity index (χ2v) is 7.76. The number of halogens is 2. The van der Waals surface area contributed by atoms with Gasteiger partial charge in [-0.3, -0.25) is 0 Å². The summed E-state index contributed by atoms with van der Waals surface area (Å²) in [4.78, 5) is 6.10. The summed E-state index contributed by atoms with van der Waals surface area (Å²) in [6.07, 6.45) is 0.859. The Morgan fingerprint density at radius 1 is 0.952 bits per heavy atom. The summed E-state index contributed by atoms with van der Waals surface area (Å²) >= 11 is 8.99. The van der Waals surface area contributed by atoms with Crippen LogP contribution in [0.4, 0.5) is 0 Å². The molecule has 0 spiro atoms. The number of aryl methyl sites for hydroxylation is 1. The number of rotatable bonds is 3. The SMILES string of the molecule is Cc1sc(Cc2ccccc2Br)nc1-c1ccccc1Br. The Kier molecular flexibility index (Phi) is 4.57. The molecule has 3 rings (SSSR count). The molecule has 0 aliphatic carbocycles. The van der Waals surface area contributed by atoms with Crippen molar-refractivity contribution in [2.24, 2.45) is 0 Å². The molecule has 2 aromatic carbocycles. The highest BCUT2D eigenvalue weighted by Gasteiger charge is 2.13. The third-order valence-electron chi connectivity index (χ3n) is 3.27. The van der Waals surface area contributed by atoms with E-state index in [1.54, 1.807) is 11.3 Å². The lowest BCUT2D eigenvalue weighted by molar-refractivity contribution is 1.13. The average molecular weight is 423 g/mol. The normalized spacial score (nSPS) is 10.8. The van der Waals surface area contributed by atoms with Gasteiger partial charge in [-0.15, -0.1) is 11.3 Å². The summed E-state index contributed by atoms with van der Waals surface area (Å²) in [5.74, 6) is 0. The van der Waals surface area contributed by atoms with Crippen molar-refractivity contribution in [2.75, 3.05) is 0 Å². The van der Waals surface area contributed by atoms with Gasteiger partial charge in [0.1, 0.15) is 0 Å². The fraction of sp³-hybridized carbons (Fsp3) is 0.118. The molecule has 4 heteroatoms. The molecule has 1 heterocycles. The third-order valence-corrected chi connectivity index (χ3v) is 5.71. The van der Waals surface area contributed by atoms with E-state index >= 15 is 0 Å². The second kappa shape index (κ2) is 6.42. The molecule has 0 aliphatic heterocycles. The van der Waals surface area contributed by atoms with Crippen LogP contribution in [0.2, 0.25) is 0 Å². The van der Waals surface area contributed by atoms with E-state index in [0.717, 1.165) is 31.6 Å². The molecule has 0 N–H and O–H groups in total. The minimum absolute atomic E-state index is 0.859. The molecule has 0 saturated carbocycles. The van der Waals surface area contributed by atoms with Gasteiger partial charge in [0.15, 0.2) is 0 Å². The predicted molar refractivity (Wildman–Crippen MR) is 96.9 cm³/mol. The zero-order chi connectivity index (χ0) is 14.8. The Balaban J connectivity index is 1.96. The number of benzene rings is 2. The number of nitrogens with zero attached hydrogens (tertiary/aromatic N) is 1. The maximum absolute atomic E-state index is 4.84. The van der Waals surface area contributed by atoms with Gasteiger partial charge in [0.2, 0.25) is 0 Å². The molecule has 1 aromatic heterocycles. The Morgan fingerprint density at radius 2 is 1.62 bits per heavy atom. The fourth-order valence-electron chi connectivity index (χ4n) is 2.23. The zero-order valence-electron chi connectivity index (χ0n) is 11.4. The van der Waals surface area contributed by atoms with Crippen molar-refractivity contribution in [2.45, 2.75) is 13.3 Å². The molecule has 0 amide bonds. The van der Waals surface area contributed by atoms with E-state index in [4.69, 9.17) is 4.98 Å². The van der Waals surface area contributed by atoms with Gasteiger partial charge < -0.3 is 0 Å². The Hall–Kier alpha value is -0.970. The summed E-state index contributed by atoms with van der Waals surface area (Å²) in [5, 5.41) is 1.14. The van der Waals surface area contributed by atoms with Gasteiger partial charge in [0.05, 0.1) is 10.7 Å². The molecule has 0 unspecified atom stereocenters. The topological polar surface area (TPSA) is 12.9 Å². The van der Waals surface area contributed by atoms with E-state index in [1.807, 2.05) is 18.2 Å². The molecule has 0 radical (unpaired) electrons. The number of hydrogen-bond donors (Lipinski definition) is 0. The fourth-order valence-corrected chi connectivity index (χ4v) is 4.10. The molecule has 0 bridgehead atoms. The minimum Gasteiger partial charge on any atom is -0.241 e. The van der Waals surface area contributed by atoms with Crippen LogP contribution in [0.1, 0.15) is 15.4 Å². The number of hydrogen-bond acceptors (Lipinski definition) is 2. The monoisotopic (exact) mass is 421 g/mol. The number of thiazole rings is 1. The van der Waals surface area contributed by atoms with Crippen LogP contribution in [-0.4, -0.2) is 4.98 Å². The smallest absolute Gasteiger partial charge is 0.0979 e. The molecule has 0 saturated heterocycles. The highest BCUT2D eigenvalue weighted by atomic mass is 79.9. The number of aromatic nitrogens is 1. The van der Waals surface area contributed by atoms with Crippen LogP contribution in [0, 0.1) is 6.92 Å². The van der Waals surface area contributed by atoms with Gasteiger partial charge in [-0.25, -0.2) is 4.98 Å². The summed E-state index contributed by atoms with van der Waals surface area (Å²) in [6.45, 7) is 2.13. The van der Waals surface area contributed by atoms with Crippen LogP contribution in [0.15, 0.2) is 57.5 Å². The first kappa shape index (κ1) is 14.9. The maximum atomic E-state index is 4.84. The molecule has 106 valence electrons. The van der Waals surface area contributed by atoms with E-state index in [9.17, 15) is 0 Å². The summed E-state index contributed by atoms with van der Waals surface area (Å²) in [6, 6.07) is 16.5. The zero-order valence-corrected chi connectivity index (χ0v) is 15.4. The van der Waals surface area contributed by atoms with Crippen molar-refractivity contribution in [1.82, 2.24) is 4.98 Å². The van der Waals surface area contributed by atoms with Crippen LogP contribution < -0.4 is 0 Å². The van der Waals surface area contributed by atoms with Crippen molar-refractivity contribution < 1.29 is 0 Å². The van der Waals surface area contributed by atoms with E-state index in [1.165, 1.54) is 10.4 Å². The van der Waals surface area contributed by atoms with E-state index < -0.39 is 0 Å². The molecule has 21 heavy (non-hydrogen) atoms. The quantitative estimate of drug-likeness (QED) is 0.487. The first-order chi connectivity index (χ1) is 10.1. The van der Waals surface area contributed by atoms with Gasteiger partial charge in [-0.05, 0) is 24.6 Å². The van der Waals surface area contributed by atoms with Crippen molar-refractivity contribution in [3.05, 3.63) is 72.9 Å². The summed E-state index contributed by atoms with van der Waals surface area (Å²) in [5.41, 5.74) is 3.50. The molecule has 0 fully saturated rings. The molecule has 3 aromatic rings. The third kappa shape index (κ3) is 3.28. The lowest BCUT2D eigenvalue weighted by Gasteiger charge is -2.02. The summed E-state index contributed by atoms with van der Waals surface area (Å²) < 4.78 is 2.23. The van der Waals surface area contributed by atoms with Gasteiger partial charge >= 0.3 is 0 Å². The lowest BCUT2D eigenvalue weighted by Crippen LogP contribution is -1.89. The van der Waals surface area contributed by atoms with Crippen LogP contribution in [0.5, 0.6) is 0 Å².